The van der Waals surface area contributed by atoms with Gasteiger partial charge < -0.3 is 20.6 Å². The molecule has 1 rings (SSSR count). The molecule has 0 aliphatic carbocycles. The molecule has 0 aliphatic heterocycles. The van der Waals surface area contributed by atoms with Crippen molar-refractivity contribution in [3.05, 3.63) is 17.0 Å². The van der Waals surface area contributed by atoms with E-state index in [2.05, 4.69) is 15.3 Å². The van der Waals surface area contributed by atoms with Gasteiger partial charge in [0.25, 0.3) is 0 Å². The predicted molar refractivity (Wildman–Crippen MR) is 59.4 cm³/mol. The van der Waals surface area contributed by atoms with Gasteiger partial charge in [-0.3, -0.25) is 0 Å². The fourth-order valence-electron chi connectivity index (χ4n) is 1.07. The minimum absolute atomic E-state index is 0.278. The third kappa shape index (κ3) is 2.59. The highest BCUT2D eigenvalue weighted by atomic mass is 35.5. The molecule has 0 saturated carbocycles. The van der Waals surface area contributed by atoms with Crippen LogP contribution in [0.25, 0.3) is 0 Å². The second-order valence-corrected chi connectivity index (χ2v) is 3.88. The molecule has 16 heavy (non-hydrogen) atoms. The zero-order chi connectivity index (χ0) is 12.2. The van der Waals surface area contributed by atoms with Crippen molar-refractivity contribution in [2.24, 2.45) is 0 Å². The monoisotopic (exact) mass is 247 g/mol. The number of aliphatic hydroxyl groups excluding tert-OH is 3. The van der Waals surface area contributed by atoms with Gasteiger partial charge in [-0.05, 0) is 6.92 Å². The van der Waals surface area contributed by atoms with Crippen molar-refractivity contribution in [3.63, 3.8) is 0 Å². The van der Waals surface area contributed by atoms with Crippen LogP contribution in [0.2, 0.25) is 5.15 Å². The van der Waals surface area contributed by atoms with E-state index in [1.54, 1.807) is 6.92 Å². The number of aromatic nitrogens is 2. The Labute approximate surface area is 97.9 Å². The summed E-state index contributed by atoms with van der Waals surface area (Å²) in [7, 11) is 0. The van der Waals surface area contributed by atoms with Gasteiger partial charge in [0, 0.05) is 5.56 Å². The molecule has 0 saturated heterocycles. The highest BCUT2D eigenvalue weighted by Crippen LogP contribution is 2.21. The van der Waals surface area contributed by atoms with Gasteiger partial charge in [-0.15, -0.1) is 0 Å². The van der Waals surface area contributed by atoms with Crippen molar-refractivity contribution < 1.29 is 15.3 Å². The van der Waals surface area contributed by atoms with E-state index in [4.69, 9.17) is 26.9 Å². The minimum Gasteiger partial charge on any atom is -0.394 e. The van der Waals surface area contributed by atoms with Crippen LogP contribution in [-0.4, -0.2) is 50.6 Å². The van der Waals surface area contributed by atoms with E-state index >= 15 is 0 Å². The molecule has 6 nitrogen and oxygen atoms in total. The van der Waals surface area contributed by atoms with E-state index in [9.17, 15) is 0 Å². The maximum absolute atomic E-state index is 9.14. The molecule has 7 heteroatoms. The molecular formula is C9H14ClN3O3. The predicted octanol–water partition coefficient (Wildman–Crippen LogP) is -0.434. The molecule has 1 heterocycles. The normalized spacial score (nSPS) is 11.6. The van der Waals surface area contributed by atoms with Crippen LogP contribution in [0, 0.1) is 6.92 Å². The molecule has 1 aromatic heterocycles. The number of hydrogen-bond acceptors (Lipinski definition) is 6. The number of rotatable bonds is 5. The van der Waals surface area contributed by atoms with Gasteiger partial charge in [-0.2, -0.15) is 0 Å². The number of nitrogens with zero attached hydrogens (tertiary/aromatic N) is 2. The third-order valence-electron chi connectivity index (χ3n) is 2.31. The van der Waals surface area contributed by atoms with E-state index in [-0.39, 0.29) is 5.15 Å². The summed E-state index contributed by atoms with van der Waals surface area (Å²) in [5, 5.41) is 30.5. The number of hydrogen-bond donors (Lipinski definition) is 4. The largest absolute Gasteiger partial charge is 0.394 e. The molecule has 0 amide bonds. The van der Waals surface area contributed by atoms with Crippen molar-refractivity contribution >= 4 is 17.4 Å². The van der Waals surface area contributed by atoms with Crippen LogP contribution >= 0.6 is 11.6 Å². The highest BCUT2D eigenvalue weighted by Gasteiger charge is 2.29. The fraction of sp³-hybridized carbons (Fsp3) is 0.556. The van der Waals surface area contributed by atoms with Crippen molar-refractivity contribution in [2.45, 2.75) is 12.5 Å². The van der Waals surface area contributed by atoms with Gasteiger partial charge in [-0.1, -0.05) is 11.6 Å². The number of aliphatic hydroxyl groups is 3. The Morgan fingerprint density at radius 2 is 1.81 bits per heavy atom. The molecule has 4 N–H and O–H groups in total. The lowest BCUT2D eigenvalue weighted by molar-refractivity contribution is 0.0830. The number of anilines is 1. The zero-order valence-electron chi connectivity index (χ0n) is 8.81. The molecule has 0 fully saturated rings. The Kier molecular flexibility index (Phi) is 4.43. The summed E-state index contributed by atoms with van der Waals surface area (Å²) in [6, 6.07) is 0. The summed E-state index contributed by atoms with van der Waals surface area (Å²) in [6.45, 7) is 0.407. The molecule has 0 atom stereocenters. The Bertz CT molecular complexity index is 350. The quantitative estimate of drug-likeness (QED) is 0.527. The van der Waals surface area contributed by atoms with Crippen molar-refractivity contribution in [1.29, 1.82) is 0 Å². The number of nitrogens with one attached hydrogen (secondary N) is 1. The van der Waals surface area contributed by atoms with Gasteiger partial charge in [0.2, 0.25) is 0 Å². The topological polar surface area (TPSA) is 98.5 Å². The number of halogens is 1. The first-order chi connectivity index (χ1) is 7.58. The van der Waals surface area contributed by atoms with Crippen LogP contribution in [0.4, 0.5) is 5.82 Å². The van der Waals surface area contributed by atoms with E-state index in [1.165, 1.54) is 6.33 Å². The lowest BCUT2D eigenvalue weighted by Crippen LogP contribution is -2.49. The Morgan fingerprint density at radius 1 is 1.25 bits per heavy atom. The summed E-state index contributed by atoms with van der Waals surface area (Å²) in [6.07, 6.45) is 1.26. The molecule has 1 aromatic rings. The summed E-state index contributed by atoms with van der Waals surface area (Å²) >= 11 is 5.79. The first kappa shape index (κ1) is 13.1. The first-order valence-electron chi connectivity index (χ1n) is 4.66. The Balaban J connectivity index is 2.98. The van der Waals surface area contributed by atoms with Crippen LogP contribution < -0.4 is 5.32 Å². The Morgan fingerprint density at radius 3 is 2.31 bits per heavy atom. The van der Waals surface area contributed by atoms with Gasteiger partial charge in [0.15, 0.2) is 0 Å². The second kappa shape index (κ2) is 5.40. The average Bonchev–Trinajstić information content (AvgIpc) is 2.32. The fourth-order valence-corrected chi connectivity index (χ4v) is 1.21. The van der Waals surface area contributed by atoms with Crippen LogP contribution in [0.3, 0.4) is 0 Å². The van der Waals surface area contributed by atoms with Crippen LogP contribution in [0.5, 0.6) is 0 Å². The minimum atomic E-state index is -1.22. The van der Waals surface area contributed by atoms with Crippen LogP contribution in [0.1, 0.15) is 5.56 Å². The smallest absolute Gasteiger partial charge is 0.137 e. The molecule has 0 aliphatic rings. The van der Waals surface area contributed by atoms with Gasteiger partial charge in [0.1, 0.15) is 22.8 Å². The van der Waals surface area contributed by atoms with E-state index < -0.39 is 25.4 Å². The second-order valence-electron chi connectivity index (χ2n) is 3.52. The lowest BCUT2D eigenvalue weighted by atomic mass is 10.0. The summed E-state index contributed by atoms with van der Waals surface area (Å²) < 4.78 is 0. The molecule has 0 aromatic carbocycles. The summed E-state index contributed by atoms with van der Waals surface area (Å²) in [5.41, 5.74) is -0.633. The van der Waals surface area contributed by atoms with Crippen molar-refractivity contribution in [3.8, 4) is 0 Å². The highest BCUT2D eigenvalue weighted by molar-refractivity contribution is 6.30. The van der Waals surface area contributed by atoms with Crippen LogP contribution in [-0.2, 0) is 0 Å². The van der Waals surface area contributed by atoms with Gasteiger partial charge >= 0.3 is 0 Å². The first-order valence-corrected chi connectivity index (χ1v) is 5.04. The molecule has 90 valence electrons. The molecule has 0 spiro atoms. The molecule has 0 radical (unpaired) electrons. The maximum atomic E-state index is 9.14. The summed E-state index contributed by atoms with van der Waals surface area (Å²) in [4.78, 5) is 7.70. The standard InChI is InChI=1S/C9H14ClN3O3/c1-6-7(10)11-5-12-8(6)13-9(2-14,3-15)4-16/h5,14-16H,2-4H2,1H3,(H,11,12,13). The SMILES string of the molecule is Cc1c(Cl)ncnc1NC(CO)(CO)CO. The van der Waals surface area contributed by atoms with E-state index in [0.717, 1.165) is 0 Å². The Hall–Kier alpha value is -0.950. The molecule has 0 bridgehead atoms. The molecule has 0 unspecified atom stereocenters. The third-order valence-corrected chi connectivity index (χ3v) is 2.70. The van der Waals surface area contributed by atoms with Crippen LogP contribution in [0.15, 0.2) is 6.33 Å². The molecular weight excluding hydrogens is 234 g/mol. The van der Waals surface area contributed by atoms with Crippen molar-refractivity contribution in [1.82, 2.24) is 9.97 Å². The van der Waals surface area contributed by atoms with Gasteiger partial charge in [0.05, 0.1) is 19.8 Å². The van der Waals surface area contributed by atoms with Gasteiger partial charge in [-0.25, -0.2) is 9.97 Å². The van der Waals surface area contributed by atoms with E-state index in [1.807, 2.05) is 0 Å². The zero-order valence-corrected chi connectivity index (χ0v) is 9.57. The summed E-state index contributed by atoms with van der Waals surface area (Å²) in [5.74, 6) is 0.372. The lowest BCUT2D eigenvalue weighted by Gasteiger charge is -2.29. The average molecular weight is 248 g/mol. The van der Waals surface area contributed by atoms with E-state index in [0.29, 0.717) is 11.4 Å². The van der Waals surface area contributed by atoms with Crippen molar-refractivity contribution in [2.75, 3.05) is 25.1 Å². The maximum Gasteiger partial charge on any atom is 0.137 e.